The summed E-state index contributed by atoms with van der Waals surface area (Å²) in [7, 11) is -4.64. The zero-order chi connectivity index (χ0) is 14.6. The third-order valence-corrected chi connectivity index (χ3v) is 0.633. The van der Waals surface area contributed by atoms with Crippen LogP contribution in [0.4, 0.5) is 4.79 Å². The van der Waals surface area contributed by atoms with Crippen molar-refractivity contribution in [2.75, 3.05) is 13.2 Å². The molecule has 0 saturated carbocycles. The van der Waals surface area contributed by atoms with Gasteiger partial charge in [-0.2, -0.15) is 0 Å². The third kappa shape index (κ3) is 57.4. The Kier molecular flexibility index (Phi) is 21.4. The average Bonchev–Trinajstić information content (AvgIpc) is 2.11. The minimum atomic E-state index is -4.64. The smallest absolute Gasteiger partial charge is 0.466 e. The van der Waals surface area contributed by atoms with Crippen LogP contribution in [0.15, 0.2) is 11.5 Å². The number of amides is 2. The predicted octanol–water partition coefficient (Wildman–Crippen LogP) is -2.99. The summed E-state index contributed by atoms with van der Waals surface area (Å²) in [6, 6.07) is -0.833. The van der Waals surface area contributed by atoms with Gasteiger partial charge in [0.1, 0.15) is 13.2 Å². The summed E-state index contributed by atoms with van der Waals surface area (Å²) in [5.41, 5.74) is 8.50. The molecule has 11 N–H and O–H groups in total. The van der Waals surface area contributed by atoms with Gasteiger partial charge in [-0.3, -0.25) is 0 Å². The zero-order valence-corrected chi connectivity index (χ0v) is 12.4. The van der Waals surface area contributed by atoms with Crippen LogP contribution in [-0.2, 0) is 4.57 Å². The van der Waals surface area contributed by atoms with Gasteiger partial charge < -0.3 is 46.6 Å². The van der Waals surface area contributed by atoms with Crippen LogP contribution in [0.5, 0.6) is 0 Å². The minimum absolute atomic E-state index is 0. The first-order valence-corrected chi connectivity index (χ1v) is 5.17. The normalized spacial score (nSPS) is 10.5. The van der Waals surface area contributed by atoms with Crippen molar-refractivity contribution >= 4 is 43.4 Å². The topological polar surface area (TPSA) is 228 Å². The molecule has 13 heteroatoms. The number of aliphatic hydroxyl groups is 4. The summed E-state index contributed by atoms with van der Waals surface area (Å²) in [6.45, 7) is -1.29. The summed E-state index contributed by atoms with van der Waals surface area (Å²) in [6.07, 6.45) is 0. The Hall–Kier alpha value is -0.360. The van der Waals surface area contributed by atoms with Gasteiger partial charge in [0.2, 0.25) is 0 Å². The van der Waals surface area contributed by atoms with E-state index in [2.05, 4.69) is 11.5 Å². The van der Waals surface area contributed by atoms with Crippen LogP contribution in [0.3, 0.4) is 0 Å². The average molecular weight is 301 g/mol. The van der Waals surface area contributed by atoms with Gasteiger partial charge in [-0.25, -0.2) is 9.36 Å². The Bertz CT molecular complexity index is 266. The molecular weight excluding hydrogens is 286 g/mol. The Labute approximate surface area is 124 Å². The monoisotopic (exact) mass is 301 g/mol. The molecule has 0 aliphatic heterocycles. The summed E-state index contributed by atoms with van der Waals surface area (Å²) >= 11 is 0. The molecular formula is C5H15N2NaO9P. The summed E-state index contributed by atoms with van der Waals surface area (Å²) in [5.74, 6) is -1.18. The summed E-state index contributed by atoms with van der Waals surface area (Å²) in [5, 5.41) is 32.8. The Balaban J connectivity index is -0.0000000855. The molecule has 18 heavy (non-hydrogen) atoms. The Morgan fingerprint density at radius 3 is 1.11 bits per heavy atom. The SMILES string of the molecule is NC(N)=O.O=P(O)(O)O.OCC(O)=C(O)CO.[Na]. The van der Waals surface area contributed by atoms with E-state index in [-0.39, 0.29) is 29.6 Å². The van der Waals surface area contributed by atoms with E-state index in [0.29, 0.717) is 0 Å². The van der Waals surface area contributed by atoms with Crippen molar-refractivity contribution in [1.82, 2.24) is 0 Å². The molecule has 0 rings (SSSR count). The van der Waals surface area contributed by atoms with Gasteiger partial charge in [0.05, 0.1) is 0 Å². The van der Waals surface area contributed by atoms with Crippen LogP contribution < -0.4 is 11.5 Å². The van der Waals surface area contributed by atoms with Crippen molar-refractivity contribution in [3.63, 3.8) is 0 Å². The van der Waals surface area contributed by atoms with Crippen molar-refractivity contribution < 1.29 is 44.5 Å². The number of urea groups is 1. The second kappa shape index (κ2) is 14.7. The molecule has 0 atom stereocenters. The fraction of sp³-hybridized carbons (Fsp3) is 0.400. The number of hydrogen-bond donors (Lipinski definition) is 9. The number of hydrogen-bond acceptors (Lipinski definition) is 6. The molecule has 0 spiro atoms. The van der Waals surface area contributed by atoms with Gasteiger partial charge >= 0.3 is 13.9 Å². The molecule has 0 aliphatic rings. The van der Waals surface area contributed by atoms with Crippen LogP contribution in [-0.4, -0.2) is 83.9 Å². The number of nitrogens with two attached hydrogens (primary N) is 2. The molecule has 11 nitrogen and oxygen atoms in total. The van der Waals surface area contributed by atoms with Gasteiger partial charge in [0.15, 0.2) is 11.5 Å². The second-order valence-electron chi connectivity index (χ2n) is 2.13. The molecule has 0 aromatic heterocycles. The van der Waals surface area contributed by atoms with E-state index in [4.69, 9.17) is 44.5 Å². The number of primary amides is 2. The van der Waals surface area contributed by atoms with E-state index in [9.17, 15) is 0 Å². The van der Waals surface area contributed by atoms with Crippen LogP contribution in [0.2, 0.25) is 0 Å². The van der Waals surface area contributed by atoms with Crippen molar-refractivity contribution in [2.45, 2.75) is 0 Å². The van der Waals surface area contributed by atoms with Crippen molar-refractivity contribution in [2.24, 2.45) is 11.5 Å². The van der Waals surface area contributed by atoms with Crippen LogP contribution in [0, 0.1) is 0 Å². The minimum Gasteiger partial charge on any atom is -0.506 e. The van der Waals surface area contributed by atoms with Crippen molar-refractivity contribution in [3.05, 3.63) is 11.5 Å². The Morgan fingerprint density at radius 2 is 1.06 bits per heavy atom. The number of phosphoric acid groups is 1. The van der Waals surface area contributed by atoms with Crippen molar-refractivity contribution in [3.8, 4) is 0 Å². The molecule has 0 bridgehead atoms. The predicted molar refractivity (Wildman–Crippen MR) is 60.2 cm³/mol. The van der Waals surface area contributed by atoms with Gasteiger partial charge in [0, 0.05) is 29.6 Å². The fourth-order valence-electron chi connectivity index (χ4n) is 0.183. The van der Waals surface area contributed by atoms with E-state index in [0.717, 1.165) is 0 Å². The first-order valence-electron chi connectivity index (χ1n) is 3.60. The number of aliphatic hydroxyl groups excluding tert-OH is 4. The van der Waals surface area contributed by atoms with Crippen molar-refractivity contribution in [1.29, 1.82) is 0 Å². The number of carbonyl (C=O) groups is 1. The molecule has 0 aromatic carbocycles. The standard InChI is InChI=1S/C4H8O4.CH4N2O.Na.H3O4P/c5-1-3(7)4(8)2-6;2-1(3)4;;1-5(2,3)4/h5-8H,1-2H2;(H4,2,3,4);;(H3,1,2,3,4). The maximum Gasteiger partial charge on any atom is 0.466 e. The molecule has 105 valence electrons. The molecule has 0 aromatic rings. The molecule has 0 heterocycles. The van der Waals surface area contributed by atoms with Gasteiger partial charge in [-0.1, -0.05) is 0 Å². The van der Waals surface area contributed by atoms with Gasteiger partial charge in [0.25, 0.3) is 0 Å². The van der Waals surface area contributed by atoms with Crippen LogP contribution in [0.1, 0.15) is 0 Å². The molecule has 2 amide bonds. The van der Waals surface area contributed by atoms with Gasteiger partial charge in [-0.15, -0.1) is 0 Å². The van der Waals surface area contributed by atoms with E-state index >= 15 is 0 Å². The zero-order valence-electron chi connectivity index (χ0n) is 9.46. The third-order valence-electron chi connectivity index (χ3n) is 0.633. The molecule has 1 radical (unpaired) electrons. The van der Waals surface area contributed by atoms with E-state index in [1.165, 1.54) is 0 Å². The quantitative estimate of drug-likeness (QED) is 0.144. The van der Waals surface area contributed by atoms with E-state index in [1.54, 1.807) is 0 Å². The first-order chi connectivity index (χ1) is 7.45. The molecule has 0 unspecified atom stereocenters. The Morgan fingerprint density at radius 1 is 0.944 bits per heavy atom. The fourth-order valence-corrected chi connectivity index (χ4v) is 0.183. The first kappa shape index (κ1) is 26.3. The molecule has 0 aliphatic carbocycles. The molecule has 0 saturated heterocycles. The second-order valence-corrected chi connectivity index (χ2v) is 3.15. The molecule has 0 fully saturated rings. The van der Waals surface area contributed by atoms with E-state index < -0.39 is 38.6 Å². The summed E-state index contributed by atoms with van der Waals surface area (Å²) < 4.78 is 8.88. The number of carbonyl (C=O) groups excluding carboxylic acids is 1. The van der Waals surface area contributed by atoms with Crippen LogP contribution in [0.25, 0.3) is 0 Å². The van der Waals surface area contributed by atoms with Crippen LogP contribution >= 0.6 is 7.82 Å². The van der Waals surface area contributed by atoms with E-state index in [1.807, 2.05) is 0 Å². The summed E-state index contributed by atoms with van der Waals surface area (Å²) in [4.78, 5) is 30.6. The maximum atomic E-state index is 9.00. The largest absolute Gasteiger partial charge is 0.506 e. The number of rotatable bonds is 2. The maximum absolute atomic E-state index is 9.00. The van der Waals surface area contributed by atoms with Gasteiger partial charge in [-0.05, 0) is 0 Å².